The Morgan fingerprint density at radius 1 is 1.36 bits per heavy atom. The van der Waals surface area contributed by atoms with Gasteiger partial charge in [0, 0.05) is 0 Å². The van der Waals surface area contributed by atoms with E-state index in [0.717, 1.165) is 5.56 Å². The van der Waals surface area contributed by atoms with Gasteiger partial charge in [-0.15, -0.1) is 6.58 Å². The highest BCUT2D eigenvalue weighted by Gasteiger charge is 2.43. The first-order valence-corrected chi connectivity index (χ1v) is 7.21. The van der Waals surface area contributed by atoms with Crippen LogP contribution in [0, 0.1) is 5.41 Å². The van der Waals surface area contributed by atoms with E-state index in [0.29, 0.717) is 11.5 Å². The first-order chi connectivity index (χ1) is 10.5. The molecular weight excluding hydrogens is 284 g/mol. The van der Waals surface area contributed by atoms with Crippen LogP contribution in [-0.2, 0) is 20.7 Å². The van der Waals surface area contributed by atoms with Crippen LogP contribution in [0.15, 0.2) is 30.9 Å². The number of ether oxygens (including phenoxy) is 3. The van der Waals surface area contributed by atoms with Crippen molar-refractivity contribution in [3.8, 4) is 11.5 Å². The van der Waals surface area contributed by atoms with Crippen LogP contribution in [-0.4, -0.2) is 25.2 Å². The van der Waals surface area contributed by atoms with Gasteiger partial charge in [-0.3, -0.25) is 9.59 Å². The molecule has 0 saturated carbocycles. The predicted octanol–water partition coefficient (Wildman–Crippen LogP) is 2.67. The van der Waals surface area contributed by atoms with Crippen LogP contribution in [0.5, 0.6) is 11.5 Å². The van der Waals surface area contributed by atoms with Gasteiger partial charge in [-0.05, 0) is 44.4 Å². The van der Waals surface area contributed by atoms with Crippen LogP contribution in [0.3, 0.4) is 0 Å². The van der Waals surface area contributed by atoms with E-state index in [1.165, 1.54) is 6.92 Å². The third kappa shape index (κ3) is 2.98. The van der Waals surface area contributed by atoms with Gasteiger partial charge < -0.3 is 14.2 Å². The van der Waals surface area contributed by atoms with Crippen molar-refractivity contribution in [2.24, 2.45) is 5.41 Å². The van der Waals surface area contributed by atoms with Gasteiger partial charge >= 0.3 is 5.97 Å². The van der Waals surface area contributed by atoms with Crippen molar-refractivity contribution in [2.45, 2.75) is 26.7 Å². The third-order valence-corrected chi connectivity index (χ3v) is 3.78. The molecule has 5 nitrogen and oxygen atoms in total. The summed E-state index contributed by atoms with van der Waals surface area (Å²) in [6.07, 6.45) is 2.05. The largest absolute Gasteiger partial charge is 0.465 e. The number of hydrogen-bond acceptors (Lipinski definition) is 5. The van der Waals surface area contributed by atoms with Crippen molar-refractivity contribution in [1.29, 1.82) is 0 Å². The number of fused-ring (bicyclic) bond motifs is 1. The van der Waals surface area contributed by atoms with E-state index >= 15 is 0 Å². The molecule has 0 bridgehead atoms. The summed E-state index contributed by atoms with van der Waals surface area (Å²) in [6.45, 7) is 7.20. The van der Waals surface area contributed by atoms with E-state index in [9.17, 15) is 9.59 Å². The molecule has 0 unspecified atom stereocenters. The van der Waals surface area contributed by atoms with Gasteiger partial charge in [-0.1, -0.05) is 12.1 Å². The SMILES string of the molecule is C=CC[C@](Cc1ccc2c(c1)OCO2)(C(C)=O)C(=O)OCC. The zero-order valence-corrected chi connectivity index (χ0v) is 12.9. The van der Waals surface area contributed by atoms with Crippen LogP contribution in [0.4, 0.5) is 0 Å². The molecule has 1 aliphatic rings. The number of Topliss-reactive ketones (excluding diaryl/α,β-unsaturated/α-hetero) is 1. The molecule has 22 heavy (non-hydrogen) atoms. The van der Waals surface area contributed by atoms with Crippen molar-refractivity contribution in [3.63, 3.8) is 0 Å². The lowest BCUT2D eigenvalue weighted by Gasteiger charge is -2.28. The fraction of sp³-hybridized carbons (Fsp3) is 0.412. The molecule has 1 aliphatic heterocycles. The second-order valence-corrected chi connectivity index (χ2v) is 5.22. The minimum atomic E-state index is -1.24. The third-order valence-electron chi connectivity index (χ3n) is 3.78. The van der Waals surface area contributed by atoms with Gasteiger partial charge in [0.2, 0.25) is 6.79 Å². The van der Waals surface area contributed by atoms with Crippen molar-refractivity contribution < 1.29 is 23.8 Å². The van der Waals surface area contributed by atoms with E-state index < -0.39 is 11.4 Å². The Labute approximate surface area is 129 Å². The first kappa shape index (κ1) is 16.1. The number of esters is 1. The Balaban J connectivity index is 2.34. The highest BCUT2D eigenvalue weighted by molar-refractivity contribution is 6.03. The summed E-state index contributed by atoms with van der Waals surface area (Å²) in [5.74, 6) is 0.540. The second kappa shape index (κ2) is 6.64. The zero-order chi connectivity index (χ0) is 16.2. The Morgan fingerprint density at radius 3 is 2.73 bits per heavy atom. The molecule has 0 amide bonds. The van der Waals surface area contributed by atoms with Crippen LogP contribution in [0.1, 0.15) is 25.8 Å². The molecule has 0 aromatic heterocycles. The summed E-state index contributed by atoms with van der Waals surface area (Å²) >= 11 is 0. The summed E-state index contributed by atoms with van der Waals surface area (Å²) in [7, 11) is 0. The quantitative estimate of drug-likeness (QED) is 0.440. The number of benzene rings is 1. The molecule has 1 heterocycles. The molecule has 2 rings (SSSR count). The van der Waals surface area contributed by atoms with Crippen molar-refractivity contribution in [1.82, 2.24) is 0 Å². The monoisotopic (exact) mass is 304 g/mol. The molecule has 0 fully saturated rings. The molecule has 0 radical (unpaired) electrons. The average molecular weight is 304 g/mol. The van der Waals surface area contributed by atoms with E-state index in [2.05, 4.69) is 6.58 Å². The molecule has 1 aromatic carbocycles. The van der Waals surface area contributed by atoms with Crippen LogP contribution in [0.25, 0.3) is 0 Å². The first-order valence-electron chi connectivity index (χ1n) is 7.21. The van der Waals surface area contributed by atoms with Crippen LogP contribution >= 0.6 is 0 Å². The number of ketones is 1. The topological polar surface area (TPSA) is 61.8 Å². The second-order valence-electron chi connectivity index (χ2n) is 5.22. The Kier molecular flexibility index (Phi) is 4.85. The maximum atomic E-state index is 12.4. The number of carbonyl (C=O) groups is 2. The highest BCUT2D eigenvalue weighted by atomic mass is 16.7. The molecular formula is C17H20O5. The Bertz CT molecular complexity index is 593. The maximum absolute atomic E-state index is 12.4. The maximum Gasteiger partial charge on any atom is 0.320 e. The molecule has 1 aromatic rings. The minimum absolute atomic E-state index is 0.182. The number of carbonyl (C=O) groups excluding carboxylic acids is 2. The van der Waals surface area contributed by atoms with Gasteiger partial charge in [0.1, 0.15) is 11.2 Å². The normalized spacial score (nSPS) is 15.0. The van der Waals surface area contributed by atoms with Crippen LogP contribution in [0.2, 0.25) is 0 Å². The molecule has 0 spiro atoms. The van der Waals surface area contributed by atoms with Gasteiger partial charge in [-0.2, -0.15) is 0 Å². The van der Waals surface area contributed by atoms with E-state index in [1.54, 1.807) is 25.1 Å². The molecule has 0 aliphatic carbocycles. The van der Waals surface area contributed by atoms with Gasteiger partial charge in [0.15, 0.2) is 11.5 Å². The lowest BCUT2D eigenvalue weighted by Crippen LogP contribution is -2.41. The van der Waals surface area contributed by atoms with Crippen molar-refractivity contribution in [2.75, 3.05) is 13.4 Å². The minimum Gasteiger partial charge on any atom is -0.465 e. The van der Waals surface area contributed by atoms with Gasteiger partial charge in [-0.25, -0.2) is 0 Å². The number of allylic oxidation sites excluding steroid dienone is 1. The number of hydrogen-bond donors (Lipinski definition) is 0. The molecule has 0 saturated heterocycles. The summed E-state index contributed by atoms with van der Waals surface area (Å²) in [4.78, 5) is 24.6. The predicted molar refractivity (Wildman–Crippen MR) is 80.8 cm³/mol. The lowest BCUT2D eigenvalue weighted by molar-refractivity contribution is -0.159. The summed E-state index contributed by atoms with van der Waals surface area (Å²) in [6, 6.07) is 5.40. The number of rotatable bonds is 7. The average Bonchev–Trinajstić information content (AvgIpc) is 2.94. The molecule has 1 atom stereocenters. The van der Waals surface area contributed by atoms with Crippen molar-refractivity contribution in [3.05, 3.63) is 36.4 Å². The summed E-state index contributed by atoms with van der Waals surface area (Å²) in [5.41, 5.74) is -0.430. The molecule has 118 valence electrons. The Hall–Kier alpha value is -2.30. The Morgan fingerprint density at radius 2 is 2.09 bits per heavy atom. The van der Waals surface area contributed by atoms with Crippen LogP contribution < -0.4 is 9.47 Å². The summed E-state index contributed by atoms with van der Waals surface area (Å²) in [5, 5.41) is 0. The van der Waals surface area contributed by atoms with Gasteiger partial charge in [0.25, 0.3) is 0 Å². The highest BCUT2D eigenvalue weighted by Crippen LogP contribution is 2.36. The zero-order valence-electron chi connectivity index (χ0n) is 12.9. The molecule has 5 heteroatoms. The fourth-order valence-electron chi connectivity index (χ4n) is 2.55. The van der Waals surface area contributed by atoms with E-state index in [4.69, 9.17) is 14.2 Å². The smallest absolute Gasteiger partial charge is 0.320 e. The fourth-order valence-corrected chi connectivity index (χ4v) is 2.55. The molecule has 0 N–H and O–H groups in total. The lowest BCUT2D eigenvalue weighted by atomic mass is 9.75. The van der Waals surface area contributed by atoms with Crippen molar-refractivity contribution >= 4 is 11.8 Å². The van der Waals surface area contributed by atoms with E-state index in [-0.39, 0.29) is 32.0 Å². The summed E-state index contributed by atoms with van der Waals surface area (Å²) < 4.78 is 15.7. The van der Waals surface area contributed by atoms with Gasteiger partial charge in [0.05, 0.1) is 6.61 Å². The standard InChI is InChI=1S/C17H20O5/c1-4-8-17(12(3)18,16(19)20-5-2)10-13-6-7-14-15(9-13)22-11-21-14/h4,6-7,9H,1,5,8,10-11H2,2-3H3/t17-/m0/s1. The van der Waals surface area contributed by atoms with E-state index in [1.807, 2.05) is 6.07 Å².